The predicted octanol–water partition coefficient (Wildman–Crippen LogP) is 3.30. The minimum Gasteiger partial charge on any atom is -0.393 e. The van der Waals surface area contributed by atoms with Crippen LogP contribution >= 0.6 is 0 Å². The van der Waals surface area contributed by atoms with E-state index in [1.165, 1.54) is 0 Å². The number of allylic oxidation sites excluding steroid dienone is 5. The van der Waals surface area contributed by atoms with E-state index in [0.717, 1.165) is 35.5 Å². The Labute approximate surface area is 168 Å². The van der Waals surface area contributed by atoms with Gasteiger partial charge in [0.25, 0.3) is 0 Å². The van der Waals surface area contributed by atoms with Gasteiger partial charge < -0.3 is 20.9 Å². The van der Waals surface area contributed by atoms with Gasteiger partial charge in [-0.2, -0.15) is 0 Å². The van der Waals surface area contributed by atoms with Gasteiger partial charge in [0.15, 0.2) is 5.82 Å². The molecule has 0 bridgehead atoms. The van der Waals surface area contributed by atoms with Crippen LogP contribution < -0.4 is 15.5 Å². The monoisotopic (exact) mass is 380 g/mol. The van der Waals surface area contributed by atoms with E-state index in [0.29, 0.717) is 11.8 Å². The summed E-state index contributed by atoms with van der Waals surface area (Å²) in [6.45, 7) is 9.05. The van der Waals surface area contributed by atoms with Gasteiger partial charge >= 0.3 is 0 Å². The average Bonchev–Trinajstić information content (AvgIpc) is 2.61. The molecule has 1 aliphatic heterocycles. The zero-order valence-corrected chi connectivity index (χ0v) is 17.8. The lowest BCUT2D eigenvalue weighted by Crippen LogP contribution is -2.62. The van der Waals surface area contributed by atoms with Crippen molar-refractivity contribution in [1.29, 1.82) is 5.41 Å². The predicted molar refractivity (Wildman–Crippen MR) is 117 cm³/mol. The molecule has 0 radical (unpaired) electrons. The SMILES string of the molecule is CN/C=C1/C=C(c2ccc(N(C)C3CC(C)(C)NC(C)(C)C3)nn2)C=CC1=N. The first kappa shape index (κ1) is 20.3. The van der Waals surface area contributed by atoms with Crippen LogP contribution in [0.15, 0.2) is 42.1 Å². The van der Waals surface area contributed by atoms with E-state index >= 15 is 0 Å². The van der Waals surface area contributed by atoms with Gasteiger partial charge in [-0.1, -0.05) is 6.08 Å². The van der Waals surface area contributed by atoms with E-state index in [-0.39, 0.29) is 11.1 Å². The van der Waals surface area contributed by atoms with Crippen LogP contribution in [0.5, 0.6) is 0 Å². The Hall–Kier alpha value is -2.47. The van der Waals surface area contributed by atoms with Crippen LogP contribution in [0.1, 0.15) is 46.2 Å². The van der Waals surface area contributed by atoms with Gasteiger partial charge in [0.2, 0.25) is 0 Å². The molecule has 2 aliphatic rings. The van der Waals surface area contributed by atoms with Crippen LogP contribution in [-0.4, -0.2) is 47.1 Å². The summed E-state index contributed by atoms with van der Waals surface area (Å²) in [5.41, 5.74) is 3.27. The van der Waals surface area contributed by atoms with Gasteiger partial charge in [0.1, 0.15) is 0 Å². The Kier molecular flexibility index (Phi) is 5.44. The Morgan fingerprint density at radius 3 is 2.39 bits per heavy atom. The largest absolute Gasteiger partial charge is 0.393 e. The second kappa shape index (κ2) is 7.51. The Morgan fingerprint density at radius 1 is 1.14 bits per heavy atom. The van der Waals surface area contributed by atoms with Gasteiger partial charge in [0.05, 0.1) is 11.4 Å². The molecule has 6 heteroatoms. The lowest BCUT2D eigenvalue weighted by molar-refractivity contribution is 0.160. The van der Waals surface area contributed by atoms with Crippen molar-refractivity contribution < 1.29 is 0 Å². The minimum atomic E-state index is 0.0895. The molecule has 150 valence electrons. The maximum absolute atomic E-state index is 7.98. The van der Waals surface area contributed by atoms with Crippen LogP contribution in [-0.2, 0) is 0 Å². The number of anilines is 1. The molecule has 0 unspecified atom stereocenters. The summed E-state index contributed by atoms with van der Waals surface area (Å²) in [7, 11) is 3.95. The smallest absolute Gasteiger partial charge is 0.151 e. The number of rotatable bonds is 4. The number of nitrogens with one attached hydrogen (secondary N) is 3. The van der Waals surface area contributed by atoms with Gasteiger partial charge in [-0.3, -0.25) is 0 Å². The first-order chi connectivity index (χ1) is 13.1. The van der Waals surface area contributed by atoms with E-state index in [1.54, 1.807) is 6.08 Å². The lowest BCUT2D eigenvalue weighted by atomic mass is 9.79. The summed E-state index contributed by atoms with van der Waals surface area (Å²) >= 11 is 0. The fraction of sp³-hybridized carbons (Fsp3) is 0.500. The van der Waals surface area contributed by atoms with E-state index < -0.39 is 0 Å². The molecule has 3 rings (SSSR count). The van der Waals surface area contributed by atoms with Crippen LogP contribution in [0.2, 0.25) is 0 Å². The van der Waals surface area contributed by atoms with Crippen molar-refractivity contribution in [3.05, 3.63) is 47.8 Å². The van der Waals surface area contributed by atoms with Crippen LogP contribution in [0, 0.1) is 5.41 Å². The number of hydrogen-bond acceptors (Lipinski definition) is 6. The molecule has 1 aromatic rings. The Balaban J connectivity index is 1.79. The molecule has 1 fully saturated rings. The molecule has 0 amide bonds. The summed E-state index contributed by atoms with van der Waals surface area (Å²) in [6.07, 6.45) is 9.61. The number of piperidine rings is 1. The first-order valence-corrected chi connectivity index (χ1v) is 9.83. The molecule has 6 nitrogen and oxygen atoms in total. The lowest BCUT2D eigenvalue weighted by Gasteiger charge is -2.49. The third-order valence-corrected chi connectivity index (χ3v) is 5.38. The Morgan fingerprint density at radius 2 is 1.82 bits per heavy atom. The van der Waals surface area contributed by atoms with E-state index in [9.17, 15) is 0 Å². The fourth-order valence-corrected chi connectivity index (χ4v) is 4.39. The summed E-state index contributed by atoms with van der Waals surface area (Å²) in [5, 5.41) is 23.7. The molecule has 3 N–H and O–H groups in total. The highest BCUT2D eigenvalue weighted by atomic mass is 15.3. The molecular weight excluding hydrogens is 348 g/mol. The Bertz CT molecular complexity index is 813. The van der Waals surface area contributed by atoms with Crippen molar-refractivity contribution in [3.8, 4) is 0 Å². The van der Waals surface area contributed by atoms with Gasteiger partial charge in [-0.25, -0.2) is 0 Å². The fourth-order valence-electron chi connectivity index (χ4n) is 4.39. The molecule has 2 heterocycles. The molecule has 0 aromatic carbocycles. The topological polar surface area (TPSA) is 76.9 Å². The molecule has 1 aliphatic carbocycles. The quantitative estimate of drug-likeness (QED) is 0.747. The summed E-state index contributed by atoms with van der Waals surface area (Å²) in [4.78, 5) is 2.26. The second-order valence-electron chi connectivity index (χ2n) is 9.08. The van der Waals surface area contributed by atoms with Crippen LogP contribution in [0.4, 0.5) is 5.82 Å². The summed E-state index contributed by atoms with van der Waals surface area (Å²) in [6, 6.07) is 4.46. The zero-order chi connectivity index (χ0) is 20.5. The maximum atomic E-state index is 7.98. The van der Waals surface area contributed by atoms with Crippen molar-refractivity contribution in [3.63, 3.8) is 0 Å². The minimum absolute atomic E-state index is 0.0895. The van der Waals surface area contributed by atoms with Crippen molar-refractivity contribution in [2.24, 2.45) is 0 Å². The average molecular weight is 381 g/mol. The van der Waals surface area contributed by atoms with Gasteiger partial charge in [0, 0.05) is 48.6 Å². The van der Waals surface area contributed by atoms with Crippen molar-refractivity contribution in [2.45, 2.75) is 57.7 Å². The number of nitrogens with zero attached hydrogens (tertiary/aromatic N) is 3. The summed E-state index contributed by atoms with van der Waals surface area (Å²) < 4.78 is 0. The third-order valence-electron chi connectivity index (χ3n) is 5.38. The molecule has 1 aromatic heterocycles. The molecule has 0 spiro atoms. The van der Waals surface area contributed by atoms with E-state index in [2.05, 4.69) is 60.5 Å². The first-order valence-electron chi connectivity index (χ1n) is 9.83. The van der Waals surface area contributed by atoms with E-state index in [4.69, 9.17) is 5.41 Å². The molecule has 1 saturated heterocycles. The van der Waals surface area contributed by atoms with E-state index in [1.807, 2.05) is 37.5 Å². The van der Waals surface area contributed by atoms with Gasteiger partial charge in [-0.05, 0) is 64.8 Å². The normalized spacial score (nSPS) is 22.9. The molecule has 0 atom stereocenters. The number of aromatic nitrogens is 2. The van der Waals surface area contributed by atoms with Crippen LogP contribution in [0.3, 0.4) is 0 Å². The maximum Gasteiger partial charge on any atom is 0.151 e. The summed E-state index contributed by atoms with van der Waals surface area (Å²) in [5.74, 6) is 0.890. The molecule has 0 saturated carbocycles. The highest BCUT2D eigenvalue weighted by Gasteiger charge is 2.39. The van der Waals surface area contributed by atoms with Crippen molar-refractivity contribution in [2.75, 3.05) is 19.0 Å². The number of hydrogen-bond donors (Lipinski definition) is 3. The van der Waals surface area contributed by atoms with Crippen LogP contribution in [0.25, 0.3) is 5.57 Å². The molecule has 28 heavy (non-hydrogen) atoms. The van der Waals surface area contributed by atoms with Crippen molar-refractivity contribution >= 4 is 17.1 Å². The molecular formula is C22H32N6. The van der Waals surface area contributed by atoms with Crippen molar-refractivity contribution in [1.82, 2.24) is 20.8 Å². The standard InChI is InChI=1S/C22H32N6/c1-21(2)12-17(13-22(3,4)27-21)28(6)20-10-9-19(25-26-20)15-7-8-18(23)16(11-15)14-24-5/h7-11,14,17,23-24,27H,12-13H2,1-6H3/b16-14-,23-18?. The second-order valence-corrected chi connectivity index (χ2v) is 9.08. The van der Waals surface area contributed by atoms with Gasteiger partial charge in [-0.15, -0.1) is 10.2 Å². The highest BCUT2D eigenvalue weighted by molar-refractivity contribution is 6.12. The third kappa shape index (κ3) is 4.50. The zero-order valence-electron chi connectivity index (χ0n) is 17.8. The highest BCUT2D eigenvalue weighted by Crippen LogP contribution is 2.32.